The van der Waals surface area contributed by atoms with Crippen molar-refractivity contribution >= 4 is 23.3 Å². The van der Waals surface area contributed by atoms with Gasteiger partial charge in [0.15, 0.2) is 0 Å². The Morgan fingerprint density at radius 2 is 2.09 bits per heavy atom. The van der Waals surface area contributed by atoms with E-state index >= 15 is 0 Å². The van der Waals surface area contributed by atoms with Crippen LogP contribution in [0.15, 0.2) is 24.3 Å². The van der Waals surface area contributed by atoms with Crippen LogP contribution in [0.2, 0.25) is 5.02 Å². The Balaban J connectivity index is 1.83. The zero-order valence-electron chi connectivity index (χ0n) is 13.6. The van der Waals surface area contributed by atoms with Gasteiger partial charge in [-0.3, -0.25) is 4.90 Å². The number of halogens is 2. The fraction of sp³-hybridized carbons (Fsp3) is 0.500. The lowest BCUT2D eigenvalue weighted by molar-refractivity contribution is 0.0175. The Kier molecular flexibility index (Phi) is 4.13. The van der Waals surface area contributed by atoms with Crippen LogP contribution in [0.5, 0.6) is 0 Å². The highest BCUT2D eigenvalue weighted by atomic mass is 35.5. The van der Waals surface area contributed by atoms with Gasteiger partial charge in [-0.05, 0) is 63.3 Å². The van der Waals surface area contributed by atoms with Gasteiger partial charge in [0, 0.05) is 6.04 Å². The van der Waals surface area contributed by atoms with Gasteiger partial charge in [0.25, 0.3) is 0 Å². The maximum atomic E-state index is 13.3. The molecule has 0 aromatic heterocycles. The molecule has 0 aliphatic carbocycles. The molecule has 3 nitrogen and oxygen atoms in total. The normalized spacial score (nSPS) is 23.7. The molecule has 3 rings (SSSR count). The second-order valence-electron chi connectivity index (χ2n) is 7.21. The van der Waals surface area contributed by atoms with E-state index < -0.39 is 11.4 Å². The van der Waals surface area contributed by atoms with Gasteiger partial charge in [0.2, 0.25) is 0 Å². The monoisotopic (exact) mass is 337 g/mol. The van der Waals surface area contributed by atoms with E-state index in [2.05, 4.69) is 6.08 Å². The fourth-order valence-corrected chi connectivity index (χ4v) is 3.52. The van der Waals surface area contributed by atoms with Gasteiger partial charge in [-0.25, -0.2) is 9.18 Å². The number of amides is 1. The highest BCUT2D eigenvalue weighted by Crippen LogP contribution is 2.39. The summed E-state index contributed by atoms with van der Waals surface area (Å²) in [6.07, 6.45) is 4.48. The minimum atomic E-state index is -0.495. The number of rotatable bonds is 1. The van der Waals surface area contributed by atoms with Crippen LogP contribution in [-0.4, -0.2) is 28.7 Å². The molecule has 0 N–H and O–H groups in total. The third-order valence-electron chi connectivity index (χ3n) is 4.29. The molecule has 23 heavy (non-hydrogen) atoms. The number of hydrogen-bond acceptors (Lipinski definition) is 2. The number of nitrogens with zero attached hydrogens (tertiary/aromatic N) is 1. The molecule has 2 bridgehead atoms. The first kappa shape index (κ1) is 16.3. The predicted octanol–water partition coefficient (Wildman–Crippen LogP) is 5.03. The average Bonchev–Trinajstić information content (AvgIpc) is 2.71. The molecule has 0 saturated carbocycles. The lowest BCUT2D eigenvalue weighted by Crippen LogP contribution is -2.45. The zero-order valence-corrected chi connectivity index (χ0v) is 14.4. The van der Waals surface area contributed by atoms with Crippen molar-refractivity contribution in [1.29, 1.82) is 0 Å². The number of carbonyl (C=O) groups excluding carboxylic acids is 1. The summed E-state index contributed by atoms with van der Waals surface area (Å²) in [7, 11) is 0. The highest BCUT2D eigenvalue weighted by Gasteiger charge is 2.41. The van der Waals surface area contributed by atoms with Crippen molar-refractivity contribution in [3.63, 3.8) is 0 Å². The lowest BCUT2D eigenvalue weighted by atomic mass is 9.95. The summed E-state index contributed by atoms with van der Waals surface area (Å²) >= 11 is 5.89. The second kappa shape index (κ2) is 5.82. The molecule has 0 radical (unpaired) electrons. The quantitative estimate of drug-likeness (QED) is 0.719. The van der Waals surface area contributed by atoms with Gasteiger partial charge >= 0.3 is 6.09 Å². The van der Waals surface area contributed by atoms with Crippen LogP contribution in [0.4, 0.5) is 9.18 Å². The minimum Gasteiger partial charge on any atom is -0.444 e. The van der Waals surface area contributed by atoms with E-state index in [1.807, 2.05) is 25.7 Å². The average molecular weight is 338 g/mol. The van der Waals surface area contributed by atoms with E-state index in [-0.39, 0.29) is 23.2 Å². The first-order valence-electron chi connectivity index (χ1n) is 7.92. The van der Waals surface area contributed by atoms with Crippen LogP contribution in [0, 0.1) is 5.82 Å². The molecule has 124 valence electrons. The largest absolute Gasteiger partial charge is 0.444 e. The van der Waals surface area contributed by atoms with Gasteiger partial charge < -0.3 is 4.74 Å². The Morgan fingerprint density at radius 3 is 2.70 bits per heavy atom. The summed E-state index contributed by atoms with van der Waals surface area (Å²) in [6, 6.07) is 4.97. The van der Waals surface area contributed by atoms with Gasteiger partial charge in [0.05, 0.1) is 11.1 Å². The molecule has 2 unspecified atom stereocenters. The molecule has 1 aromatic rings. The number of hydrogen-bond donors (Lipinski definition) is 0. The minimum absolute atomic E-state index is 0.0439. The molecule has 1 fully saturated rings. The van der Waals surface area contributed by atoms with Crippen LogP contribution in [0.3, 0.4) is 0 Å². The Bertz CT molecular complexity index is 665. The zero-order chi connectivity index (χ0) is 16.8. The second-order valence-corrected chi connectivity index (χ2v) is 7.62. The summed E-state index contributed by atoms with van der Waals surface area (Å²) in [4.78, 5) is 14.3. The highest BCUT2D eigenvalue weighted by molar-refractivity contribution is 6.30. The van der Waals surface area contributed by atoms with Gasteiger partial charge in [-0.1, -0.05) is 23.7 Å². The molecule has 5 heteroatoms. The van der Waals surface area contributed by atoms with Gasteiger partial charge in [-0.2, -0.15) is 0 Å². The van der Waals surface area contributed by atoms with Crippen LogP contribution < -0.4 is 0 Å². The van der Waals surface area contributed by atoms with Crippen molar-refractivity contribution in [2.45, 2.75) is 57.7 Å². The molecule has 1 amide bonds. The van der Waals surface area contributed by atoms with Gasteiger partial charge in [-0.15, -0.1) is 0 Å². The number of fused-ring (bicyclic) bond motifs is 2. The molecular weight excluding hydrogens is 317 g/mol. The maximum Gasteiger partial charge on any atom is 0.411 e. The van der Waals surface area contributed by atoms with Crippen molar-refractivity contribution < 1.29 is 13.9 Å². The first-order chi connectivity index (χ1) is 10.7. The van der Waals surface area contributed by atoms with E-state index in [4.69, 9.17) is 16.3 Å². The molecule has 2 heterocycles. The summed E-state index contributed by atoms with van der Waals surface area (Å²) in [6.45, 7) is 5.62. The maximum absolute atomic E-state index is 13.3. The molecule has 1 aromatic carbocycles. The van der Waals surface area contributed by atoms with Crippen LogP contribution in [-0.2, 0) is 4.74 Å². The smallest absolute Gasteiger partial charge is 0.411 e. The van der Waals surface area contributed by atoms with Crippen LogP contribution in [0.1, 0.15) is 45.6 Å². The van der Waals surface area contributed by atoms with Crippen molar-refractivity contribution in [2.24, 2.45) is 0 Å². The van der Waals surface area contributed by atoms with E-state index in [0.717, 1.165) is 30.4 Å². The predicted molar refractivity (Wildman–Crippen MR) is 88.9 cm³/mol. The van der Waals surface area contributed by atoms with Crippen molar-refractivity contribution in [3.8, 4) is 0 Å². The van der Waals surface area contributed by atoms with E-state index in [0.29, 0.717) is 0 Å². The molecule has 2 aliphatic rings. The molecule has 0 spiro atoms. The van der Waals surface area contributed by atoms with Crippen molar-refractivity contribution in [3.05, 3.63) is 40.7 Å². The SMILES string of the molecule is CC(C)(C)OC(=O)N1C2C=C(c3ccc(F)c(Cl)c3)CC1CC2. The summed E-state index contributed by atoms with van der Waals surface area (Å²) < 4.78 is 18.9. The van der Waals surface area contributed by atoms with E-state index in [1.54, 1.807) is 12.1 Å². The van der Waals surface area contributed by atoms with Gasteiger partial charge in [0.1, 0.15) is 11.4 Å². The number of ether oxygens (including phenoxy) is 1. The van der Waals surface area contributed by atoms with E-state index in [9.17, 15) is 9.18 Å². The number of carbonyl (C=O) groups is 1. The molecule has 2 atom stereocenters. The third kappa shape index (κ3) is 3.37. The molecule has 2 aliphatic heterocycles. The molecular formula is C18H21ClFNO2. The summed E-state index contributed by atoms with van der Waals surface area (Å²) in [5.74, 6) is -0.412. The topological polar surface area (TPSA) is 29.5 Å². The Hall–Kier alpha value is -1.55. The Labute approximate surface area is 141 Å². The fourth-order valence-electron chi connectivity index (χ4n) is 3.34. The summed E-state index contributed by atoms with van der Waals surface area (Å²) in [5, 5.41) is 0.130. The van der Waals surface area contributed by atoms with E-state index in [1.165, 1.54) is 6.07 Å². The number of benzene rings is 1. The van der Waals surface area contributed by atoms with Crippen molar-refractivity contribution in [2.75, 3.05) is 0 Å². The molecule has 1 saturated heterocycles. The van der Waals surface area contributed by atoms with Crippen molar-refractivity contribution in [1.82, 2.24) is 4.90 Å². The first-order valence-corrected chi connectivity index (χ1v) is 8.30. The summed E-state index contributed by atoms with van der Waals surface area (Å²) in [5.41, 5.74) is 1.56. The standard InChI is InChI=1S/C18H21ClFNO2/c1-18(2,3)23-17(22)21-13-5-6-14(21)9-12(8-13)11-4-7-16(20)15(19)10-11/h4,7-8,10,13-14H,5-6,9H2,1-3H3. The van der Waals surface area contributed by atoms with Crippen LogP contribution in [0.25, 0.3) is 5.57 Å². The lowest BCUT2D eigenvalue weighted by Gasteiger charge is -2.35. The third-order valence-corrected chi connectivity index (χ3v) is 4.58. The Morgan fingerprint density at radius 1 is 1.35 bits per heavy atom. The van der Waals surface area contributed by atoms with Crippen LogP contribution >= 0.6 is 11.6 Å².